The van der Waals surface area contributed by atoms with E-state index in [0.29, 0.717) is 23.2 Å². The highest BCUT2D eigenvalue weighted by Gasteiger charge is 2.26. The van der Waals surface area contributed by atoms with Gasteiger partial charge >= 0.3 is 6.09 Å². The minimum Gasteiger partial charge on any atom is -0.618 e. The van der Waals surface area contributed by atoms with Gasteiger partial charge in [-0.3, -0.25) is 14.4 Å². The molecule has 0 radical (unpaired) electrons. The topological polar surface area (TPSA) is 141 Å². The lowest BCUT2D eigenvalue weighted by atomic mass is 10.0. The lowest BCUT2D eigenvalue weighted by Gasteiger charge is -2.22. The van der Waals surface area contributed by atoms with Crippen LogP contribution in [0.15, 0.2) is 79.0 Å². The molecule has 10 nitrogen and oxygen atoms in total. The number of ketones is 1. The summed E-state index contributed by atoms with van der Waals surface area (Å²) in [7, 11) is 0. The molecule has 0 bridgehead atoms. The zero-order valence-electron chi connectivity index (χ0n) is 23.5. The lowest BCUT2D eigenvalue weighted by molar-refractivity contribution is -0.593. The second-order valence-corrected chi connectivity index (χ2v) is 10.2. The third-order valence-electron chi connectivity index (χ3n) is 6.24. The van der Waals surface area contributed by atoms with Gasteiger partial charge in [-0.05, 0) is 48.6 Å². The van der Waals surface area contributed by atoms with Gasteiger partial charge in [0.05, 0.1) is 19.0 Å². The number of hydrogen-bond acceptors (Lipinski definition) is 6. The van der Waals surface area contributed by atoms with Crippen molar-refractivity contribution < 1.29 is 28.6 Å². The molecule has 2 unspecified atom stereocenters. The second-order valence-electron chi connectivity index (χ2n) is 10.2. The number of Topliss-reactive ketones (excluding diaryl/α,β-unsaturated/α-hetero) is 1. The van der Waals surface area contributed by atoms with E-state index in [-0.39, 0.29) is 31.4 Å². The van der Waals surface area contributed by atoms with Gasteiger partial charge in [-0.2, -0.15) is 4.73 Å². The quantitative estimate of drug-likeness (QED) is 0.217. The van der Waals surface area contributed by atoms with Crippen LogP contribution in [0.4, 0.5) is 4.79 Å². The van der Waals surface area contributed by atoms with Crippen molar-refractivity contribution in [2.45, 2.75) is 52.3 Å². The average Bonchev–Trinajstić information content (AvgIpc) is 2.95. The van der Waals surface area contributed by atoms with E-state index in [4.69, 9.17) is 4.74 Å². The first-order valence-electron chi connectivity index (χ1n) is 13.5. The molecule has 3 N–H and O–H groups in total. The molecule has 3 rings (SSSR count). The van der Waals surface area contributed by atoms with E-state index in [0.717, 1.165) is 10.3 Å². The Balaban J connectivity index is 1.48. The predicted molar refractivity (Wildman–Crippen MR) is 153 cm³/mol. The van der Waals surface area contributed by atoms with Crippen LogP contribution in [0.2, 0.25) is 0 Å². The largest absolute Gasteiger partial charge is 0.618 e. The Bertz CT molecular complexity index is 1350. The molecule has 0 aliphatic heterocycles. The maximum atomic E-state index is 12.9. The van der Waals surface area contributed by atoms with E-state index in [1.807, 2.05) is 44.2 Å². The third kappa shape index (κ3) is 10.1. The van der Waals surface area contributed by atoms with Gasteiger partial charge in [-0.25, -0.2) is 4.79 Å². The van der Waals surface area contributed by atoms with E-state index in [9.17, 15) is 24.4 Å². The van der Waals surface area contributed by atoms with Crippen LogP contribution in [0.3, 0.4) is 0 Å². The summed E-state index contributed by atoms with van der Waals surface area (Å²) in [5.41, 5.74) is 2.63. The number of nitrogens with zero attached hydrogens (tertiary/aromatic N) is 1. The zero-order chi connectivity index (χ0) is 29.8. The highest BCUT2D eigenvalue weighted by atomic mass is 16.5. The molecule has 3 amide bonds. The van der Waals surface area contributed by atoms with Crippen molar-refractivity contribution in [3.8, 4) is 11.3 Å². The van der Waals surface area contributed by atoms with Gasteiger partial charge in [-0.1, -0.05) is 56.3 Å². The Morgan fingerprint density at radius 1 is 0.878 bits per heavy atom. The van der Waals surface area contributed by atoms with Crippen molar-refractivity contribution in [3.63, 3.8) is 0 Å². The van der Waals surface area contributed by atoms with Crippen molar-refractivity contribution in [2.24, 2.45) is 5.92 Å². The molecule has 1 aromatic heterocycles. The molecule has 0 aliphatic carbocycles. The highest BCUT2D eigenvalue weighted by Crippen LogP contribution is 2.17. The smallest absolute Gasteiger partial charge is 0.408 e. The van der Waals surface area contributed by atoms with E-state index >= 15 is 0 Å². The van der Waals surface area contributed by atoms with Crippen LogP contribution in [-0.4, -0.2) is 42.3 Å². The Kier molecular flexibility index (Phi) is 11.4. The molecule has 0 aliphatic rings. The first kappa shape index (κ1) is 30.8. The summed E-state index contributed by atoms with van der Waals surface area (Å²) >= 11 is 0. The second kappa shape index (κ2) is 15.2. The van der Waals surface area contributed by atoms with Crippen LogP contribution in [0.25, 0.3) is 11.3 Å². The fourth-order valence-corrected chi connectivity index (χ4v) is 4.08. The van der Waals surface area contributed by atoms with E-state index in [2.05, 4.69) is 16.0 Å². The SMILES string of the molecule is CC(C)CC(NC(=O)OCc1ccccc1)C(=O)NC(C)C(=O)CNC(=O)Cc1cccc(-c2cccc[n+]2[O-])c1. The van der Waals surface area contributed by atoms with E-state index in [1.165, 1.54) is 13.1 Å². The summed E-state index contributed by atoms with van der Waals surface area (Å²) in [4.78, 5) is 50.4. The Labute approximate surface area is 239 Å². The van der Waals surface area contributed by atoms with Crippen LogP contribution < -0.4 is 20.7 Å². The van der Waals surface area contributed by atoms with Gasteiger partial charge in [0.2, 0.25) is 17.5 Å². The Hall–Kier alpha value is -4.73. The zero-order valence-corrected chi connectivity index (χ0v) is 23.5. The first-order chi connectivity index (χ1) is 19.6. The molecule has 41 heavy (non-hydrogen) atoms. The molecule has 3 aromatic rings. The van der Waals surface area contributed by atoms with Crippen LogP contribution in [0.5, 0.6) is 0 Å². The fourth-order valence-electron chi connectivity index (χ4n) is 4.08. The van der Waals surface area contributed by atoms with Gasteiger partial charge in [0.1, 0.15) is 12.6 Å². The van der Waals surface area contributed by atoms with Crippen LogP contribution in [-0.2, 0) is 32.1 Å². The summed E-state index contributed by atoms with van der Waals surface area (Å²) < 4.78 is 5.99. The van der Waals surface area contributed by atoms with Gasteiger partial charge in [0.15, 0.2) is 12.0 Å². The first-order valence-corrected chi connectivity index (χ1v) is 13.5. The number of carbonyl (C=O) groups is 4. The minimum atomic E-state index is -0.896. The Morgan fingerprint density at radius 3 is 2.29 bits per heavy atom. The van der Waals surface area contributed by atoms with Gasteiger partial charge < -0.3 is 25.9 Å². The van der Waals surface area contributed by atoms with E-state index < -0.39 is 29.9 Å². The van der Waals surface area contributed by atoms with Gasteiger partial charge in [-0.15, -0.1) is 0 Å². The minimum absolute atomic E-state index is 0.0129. The van der Waals surface area contributed by atoms with Gasteiger partial charge in [0, 0.05) is 17.7 Å². The van der Waals surface area contributed by atoms with Crippen molar-refractivity contribution in [1.82, 2.24) is 16.0 Å². The number of hydrogen-bond donors (Lipinski definition) is 3. The molecular formula is C31H36N4O6. The van der Waals surface area contributed by atoms with Crippen LogP contribution in [0, 0.1) is 11.1 Å². The molecular weight excluding hydrogens is 524 g/mol. The molecule has 0 saturated carbocycles. The molecule has 10 heteroatoms. The maximum absolute atomic E-state index is 12.9. The van der Waals surface area contributed by atoms with E-state index in [1.54, 1.807) is 42.5 Å². The Morgan fingerprint density at radius 2 is 1.59 bits per heavy atom. The molecule has 0 saturated heterocycles. The van der Waals surface area contributed by atoms with Crippen molar-refractivity contribution >= 4 is 23.7 Å². The van der Waals surface area contributed by atoms with Gasteiger partial charge in [0.25, 0.3) is 0 Å². The monoisotopic (exact) mass is 560 g/mol. The summed E-state index contributed by atoms with van der Waals surface area (Å²) in [6.45, 7) is 5.13. The molecule has 2 aromatic carbocycles. The number of carbonyl (C=O) groups excluding carboxylic acids is 4. The molecule has 0 fully saturated rings. The number of nitrogens with one attached hydrogen (secondary N) is 3. The number of benzene rings is 2. The third-order valence-corrected chi connectivity index (χ3v) is 6.24. The summed E-state index contributed by atoms with van der Waals surface area (Å²) in [6.07, 6.45) is 1.03. The molecule has 216 valence electrons. The maximum Gasteiger partial charge on any atom is 0.408 e. The number of ether oxygens (including phenoxy) is 1. The summed E-state index contributed by atoms with van der Waals surface area (Å²) in [6, 6.07) is 19.5. The van der Waals surface area contributed by atoms with Crippen LogP contribution in [0.1, 0.15) is 38.3 Å². The van der Waals surface area contributed by atoms with Crippen LogP contribution >= 0.6 is 0 Å². The summed E-state index contributed by atoms with van der Waals surface area (Å²) in [5.74, 6) is -1.20. The predicted octanol–water partition coefficient (Wildman–Crippen LogP) is 3.06. The average molecular weight is 561 g/mol. The van der Waals surface area contributed by atoms with Crippen molar-refractivity contribution in [2.75, 3.05) is 6.54 Å². The lowest BCUT2D eigenvalue weighted by Crippen LogP contribution is -2.52. The number of pyridine rings is 1. The number of alkyl carbamates (subject to hydrolysis) is 1. The fraction of sp³-hybridized carbons (Fsp3) is 0.323. The van der Waals surface area contributed by atoms with Crippen molar-refractivity contribution in [1.29, 1.82) is 0 Å². The summed E-state index contributed by atoms with van der Waals surface area (Å²) in [5, 5.41) is 19.8. The molecule has 0 spiro atoms. The number of rotatable bonds is 13. The number of aromatic nitrogens is 1. The number of amides is 3. The molecule has 1 heterocycles. The molecule has 2 atom stereocenters. The van der Waals surface area contributed by atoms with Crippen molar-refractivity contribution in [3.05, 3.63) is 95.3 Å². The normalized spacial score (nSPS) is 12.2. The highest BCUT2D eigenvalue weighted by molar-refractivity contribution is 5.94. The standard InChI is InChI=1S/C31H36N4O6/c1-21(2)16-26(34-31(39)41-20-23-10-5-4-6-11-23)30(38)33-22(3)28(36)19-32-29(37)18-24-12-9-13-25(17-24)27-14-7-8-15-35(27)40/h4-15,17,21-22,26H,16,18-20H2,1-3H3,(H,32,37)(H,33,38)(H,34,39).